The van der Waals surface area contributed by atoms with E-state index >= 15 is 0 Å². The molecule has 2 amide bonds. The monoisotopic (exact) mass is 530 g/mol. The molecule has 0 bridgehead atoms. The molecule has 5 aromatic rings. The Morgan fingerprint density at radius 2 is 1.67 bits per heavy atom. The van der Waals surface area contributed by atoms with Crippen molar-refractivity contribution >= 4 is 74.1 Å². The Hall–Kier alpha value is -3.65. The van der Waals surface area contributed by atoms with Gasteiger partial charge in [0.1, 0.15) is 5.82 Å². The van der Waals surface area contributed by atoms with Crippen LogP contribution in [0.15, 0.2) is 77.7 Å². The molecule has 1 saturated heterocycles. The predicted octanol–water partition coefficient (Wildman–Crippen LogP) is 6.93. The second-order valence-electron chi connectivity index (χ2n) is 8.25. The number of imide groups is 1. The van der Waals surface area contributed by atoms with Crippen molar-refractivity contribution in [2.24, 2.45) is 0 Å². The summed E-state index contributed by atoms with van der Waals surface area (Å²) in [5.74, 6) is 0.355. The Bertz CT molecular complexity index is 1730. The summed E-state index contributed by atoms with van der Waals surface area (Å²) in [7, 11) is 0. The number of amides is 2. The molecule has 1 fully saturated rings. The van der Waals surface area contributed by atoms with Crippen LogP contribution in [0.4, 0.5) is 4.79 Å². The number of imidazole rings is 1. The maximum absolute atomic E-state index is 11.9. The summed E-state index contributed by atoms with van der Waals surface area (Å²) in [6, 6.07) is 23.3. The lowest BCUT2D eigenvalue weighted by atomic mass is 10.1. The minimum atomic E-state index is -0.382. The van der Waals surface area contributed by atoms with Gasteiger partial charge in [0.05, 0.1) is 43.7 Å². The highest BCUT2D eigenvalue weighted by atomic mass is 35.5. The van der Waals surface area contributed by atoms with Crippen LogP contribution in [0, 0.1) is 0 Å². The highest BCUT2D eigenvalue weighted by molar-refractivity contribution is 8.18. The van der Waals surface area contributed by atoms with E-state index in [0.29, 0.717) is 21.5 Å². The quantitative estimate of drug-likeness (QED) is 0.255. The number of fused-ring (bicyclic) bond motifs is 2. The van der Waals surface area contributed by atoms with Gasteiger partial charge in [0.2, 0.25) is 0 Å². The van der Waals surface area contributed by atoms with Crippen LogP contribution in [-0.4, -0.2) is 25.7 Å². The number of benzene rings is 3. The maximum atomic E-state index is 11.9. The Labute approximate surface area is 219 Å². The lowest BCUT2D eigenvalue weighted by Gasteiger charge is -2.11. The number of nitrogens with one attached hydrogen (secondary N) is 1. The van der Waals surface area contributed by atoms with E-state index in [0.717, 1.165) is 56.3 Å². The Kier molecular flexibility index (Phi) is 5.76. The lowest BCUT2D eigenvalue weighted by molar-refractivity contribution is -0.115. The fraction of sp³-hybridized carbons (Fsp3) is 0.0370. The number of aromatic nitrogens is 3. The number of halogens is 2. The minimum absolute atomic E-state index is 0.365. The van der Waals surface area contributed by atoms with Crippen molar-refractivity contribution in [1.82, 2.24) is 19.9 Å². The number of carbonyl (C=O) groups excluding carboxylic acids is 2. The van der Waals surface area contributed by atoms with Crippen LogP contribution in [-0.2, 0) is 11.3 Å². The molecule has 0 atom stereocenters. The zero-order valence-electron chi connectivity index (χ0n) is 18.5. The van der Waals surface area contributed by atoms with E-state index in [1.807, 2.05) is 60.7 Å². The third kappa shape index (κ3) is 4.26. The molecule has 1 aliphatic rings. The summed E-state index contributed by atoms with van der Waals surface area (Å²) in [5, 5.41) is 3.87. The lowest BCUT2D eigenvalue weighted by Crippen LogP contribution is -2.17. The number of nitrogens with zero attached hydrogens (tertiary/aromatic N) is 3. The number of carbonyl (C=O) groups is 2. The molecule has 3 heterocycles. The fourth-order valence-corrected chi connectivity index (χ4v) is 5.16. The Morgan fingerprint density at radius 3 is 2.44 bits per heavy atom. The molecule has 0 saturated carbocycles. The van der Waals surface area contributed by atoms with Gasteiger partial charge in [-0.15, -0.1) is 0 Å². The summed E-state index contributed by atoms with van der Waals surface area (Å²) < 4.78 is 2.07. The molecule has 3 aromatic carbocycles. The van der Waals surface area contributed by atoms with Crippen LogP contribution in [0.5, 0.6) is 0 Å². The molecule has 0 unspecified atom stereocenters. The molecular weight excluding hydrogens is 515 g/mol. The van der Waals surface area contributed by atoms with Crippen molar-refractivity contribution < 1.29 is 9.59 Å². The van der Waals surface area contributed by atoms with Crippen molar-refractivity contribution in [2.75, 3.05) is 0 Å². The van der Waals surface area contributed by atoms with Crippen LogP contribution < -0.4 is 5.32 Å². The molecule has 1 aliphatic heterocycles. The van der Waals surface area contributed by atoms with Crippen molar-refractivity contribution in [2.45, 2.75) is 6.54 Å². The average Bonchev–Trinajstić information content (AvgIpc) is 3.37. The summed E-state index contributed by atoms with van der Waals surface area (Å²) in [6.45, 7) is 0.485. The van der Waals surface area contributed by atoms with Gasteiger partial charge < -0.3 is 4.57 Å². The van der Waals surface area contributed by atoms with Gasteiger partial charge >= 0.3 is 0 Å². The molecular formula is C27H16Cl2N4O2S. The van der Waals surface area contributed by atoms with Gasteiger partial charge in [-0.25, -0.2) is 4.98 Å². The Morgan fingerprint density at radius 1 is 0.889 bits per heavy atom. The van der Waals surface area contributed by atoms with Crippen LogP contribution in [0.25, 0.3) is 39.4 Å². The number of pyridine rings is 1. The fourth-order valence-electron chi connectivity index (χ4n) is 4.16. The smallest absolute Gasteiger partial charge is 0.290 e. The normalized spacial score (nSPS) is 14.8. The first-order chi connectivity index (χ1) is 17.4. The van der Waals surface area contributed by atoms with Crippen molar-refractivity contribution in [3.8, 4) is 11.4 Å². The zero-order chi connectivity index (χ0) is 24.8. The summed E-state index contributed by atoms with van der Waals surface area (Å²) >= 11 is 13.5. The third-order valence-electron chi connectivity index (χ3n) is 5.88. The number of hydrogen-bond donors (Lipinski definition) is 1. The van der Waals surface area contributed by atoms with Crippen LogP contribution in [0.2, 0.25) is 10.0 Å². The highest BCUT2D eigenvalue weighted by Crippen LogP contribution is 2.33. The second kappa shape index (κ2) is 9.09. The van der Waals surface area contributed by atoms with Crippen molar-refractivity contribution in [3.63, 3.8) is 0 Å². The topological polar surface area (TPSA) is 76.9 Å². The average molecular weight is 531 g/mol. The first-order valence-corrected chi connectivity index (χ1v) is 12.6. The standard InChI is InChI=1S/C27H16Cl2N4O2S/c28-19-12-22-23(13-20(19)29)33(14-18-10-9-16-3-1-2-4-21(16)30-18)25(31-22)17-7-5-15(6-8-17)11-24-26(34)32-27(35)36-24/h1-13H,14H2,(H,32,34,35)/b24-11-. The zero-order valence-corrected chi connectivity index (χ0v) is 20.9. The predicted molar refractivity (Wildman–Crippen MR) is 145 cm³/mol. The first kappa shape index (κ1) is 22.8. The van der Waals surface area contributed by atoms with E-state index < -0.39 is 0 Å². The van der Waals surface area contributed by atoms with Gasteiger partial charge in [0, 0.05) is 10.9 Å². The molecule has 0 radical (unpaired) electrons. The largest absolute Gasteiger partial charge is 0.318 e. The summed E-state index contributed by atoms with van der Waals surface area (Å²) in [5.41, 5.74) is 5.06. The van der Waals surface area contributed by atoms with E-state index in [1.54, 1.807) is 12.1 Å². The molecule has 6 rings (SSSR count). The SMILES string of the molecule is O=C1NC(=O)/C(=C/c2ccc(-c3nc4cc(Cl)c(Cl)cc4n3Cc3ccc4ccccc4n3)cc2)S1. The third-order valence-corrected chi connectivity index (χ3v) is 7.41. The number of para-hydroxylation sites is 1. The van der Waals surface area contributed by atoms with Gasteiger partial charge in [-0.2, -0.15) is 0 Å². The highest BCUT2D eigenvalue weighted by Gasteiger charge is 2.25. The molecule has 176 valence electrons. The van der Waals surface area contributed by atoms with Gasteiger partial charge in [-0.3, -0.25) is 19.9 Å². The van der Waals surface area contributed by atoms with E-state index in [9.17, 15) is 9.59 Å². The van der Waals surface area contributed by atoms with E-state index in [2.05, 4.69) is 16.0 Å². The summed E-state index contributed by atoms with van der Waals surface area (Å²) in [6.07, 6.45) is 1.69. The number of thioether (sulfide) groups is 1. The maximum Gasteiger partial charge on any atom is 0.290 e. The number of hydrogen-bond acceptors (Lipinski definition) is 5. The van der Waals surface area contributed by atoms with Gasteiger partial charge in [0.25, 0.3) is 11.1 Å². The van der Waals surface area contributed by atoms with Gasteiger partial charge in [-0.05, 0) is 47.7 Å². The van der Waals surface area contributed by atoms with Crippen LogP contribution >= 0.6 is 35.0 Å². The Balaban J connectivity index is 1.43. The molecule has 36 heavy (non-hydrogen) atoms. The van der Waals surface area contributed by atoms with Crippen LogP contribution in [0.3, 0.4) is 0 Å². The molecule has 9 heteroatoms. The van der Waals surface area contributed by atoms with Crippen molar-refractivity contribution in [1.29, 1.82) is 0 Å². The minimum Gasteiger partial charge on any atom is -0.318 e. The van der Waals surface area contributed by atoms with Gasteiger partial charge in [0.15, 0.2) is 0 Å². The molecule has 0 spiro atoms. The van der Waals surface area contributed by atoms with Gasteiger partial charge in [-0.1, -0.05) is 71.7 Å². The molecule has 6 nitrogen and oxygen atoms in total. The summed E-state index contributed by atoms with van der Waals surface area (Å²) in [4.78, 5) is 33.4. The van der Waals surface area contributed by atoms with E-state index in [-0.39, 0.29) is 11.1 Å². The van der Waals surface area contributed by atoms with E-state index in [4.69, 9.17) is 33.2 Å². The van der Waals surface area contributed by atoms with E-state index in [1.165, 1.54) is 0 Å². The number of rotatable bonds is 4. The molecule has 2 aromatic heterocycles. The molecule has 1 N–H and O–H groups in total. The second-order valence-corrected chi connectivity index (χ2v) is 10.1. The van der Waals surface area contributed by atoms with Crippen molar-refractivity contribution in [3.05, 3.63) is 99.0 Å². The van der Waals surface area contributed by atoms with Crippen LogP contribution in [0.1, 0.15) is 11.3 Å². The first-order valence-electron chi connectivity index (χ1n) is 11.0. The molecule has 0 aliphatic carbocycles.